The monoisotopic (exact) mass is 654 g/mol. The standard InChI is InChI=1S/C33H32ClFN2O9/c1-33-20(30(42)37(32(33)44)15-6-9-22(35)21(34)11-15)14-19-17(28(33)27-23(38)12-16(45-2)13-24(27)46-3)7-8-18-26(19)31(43)36(29(18)41)10-4-5-25(39)40/h6-7,9,11-13,18-20,26,28,38H,4-5,8,10,14H2,1-3H3,(H,39,40). The Hall–Kier alpha value is -4.45. The number of phenols is 1. The number of likely N-dealkylation sites (tertiary alicyclic amines) is 1. The molecule has 2 aliphatic heterocycles. The van der Waals surface area contributed by atoms with Gasteiger partial charge in [0.25, 0.3) is 0 Å². The number of amides is 4. The third-order valence-corrected chi connectivity index (χ3v) is 10.4. The number of halogens is 2. The number of carboxylic acid groups (broad SMARTS) is 1. The second-order valence-electron chi connectivity index (χ2n) is 12.3. The highest BCUT2D eigenvalue weighted by Gasteiger charge is 2.68. The van der Waals surface area contributed by atoms with Crippen LogP contribution in [0.4, 0.5) is 10.1 Å². The van der Waals surface area contributed by atoms with Crippen LogP contribution in [0.2, 0.25) is 5.02 Å². The van der Waals surface area contributed by atoms with Crippen LogP contribution < -0.4 is 14.4 Å². The first-order chi connectivity index (χ1) is 21.8. The number of carbonyl (C=O) groups is 5. The third kappa shape index (κ3) is 4.56. The van der Waals surface area contributed by atoms with Crippen molar-refractivity contribution in [1.29, 1.82) is 0 Å². The van der Waals surface area contributed by atoms with E-state index >= 15 is 0 Å². The number of ether oxygens (including phenoxy) is 2. The van der Waals surface area contributed by atoms with Gasteiger partial charge in [0.1, 0.15) is 23.1 Å². The molecule has 2 N–H and O–H groups in total. The summed E-state index contributed by atoms with van der Waals surface area (Å²) < 4.78 is 25.1. The summed E-state index contributed by atoms with van der Waals surface area (Å²) in [5.74, 6) is -7.80. The molecule has 1 saturated carbocycles. The van der Waals surface area contributed by atoms with Gasteiger partial charge in [0.05, 0.1) is 48.1 Å². The van der Waals surface area contributed by atoms with Crippen LogP contribution in [0.15, 0.2) is 42.0 Å². The van der Waals surface area contributed by atoms with Gasteiger partial charge in [0.15, 0.2) is 0 Å². The number of phenolic OH excluding ortho intramolecular Hbond substituents is 1. The Bertz CT molecular complexity index is 1730. The fourth-order valence-electron chi connectivity index (χ4n) is 8.03. The zero-order valence-electron chi connectivity index (χ0n) is 25.3. The molecule has 0 bridgehead atoms. The first-order valence-electron chi connectivity index (χ1n) is 14.9. The summed E-state index contributed by atoms with van der Waals surface area (Å²) in [6, 6.07) is 6.47. The van der Waals surface area contributed by atoms with E-state index in [0.29, 0.717) is 5.57 Å². The Balaban J connectivity index is 1.51. The van der Waals surface area contributed by atoms with Gasteiger partial charge < -0.3 is 19.7 Å². The maximum atomic E-state index is 14.5. The molecule has 2 saturated heterocycles. The van der Waals surface area contributed by atoms with E-state index in [-0.39, 0.29) is 65.8 Å². The second kappa shape index (κ2) is 11.4. The Kier molecular flexibility index (Phi) is 7.82. The molecule has 4 amide bonds. The number of methoxy groups -OCH3 is 2. The molecule has 2 heterocycles. The molecule has 2 aromatic rings. The van der Waals surface area contributed by atoms with Crippen molar-refractivity contribution in [2.45, 2.75) is 38.5 Å². The van der Waals surface area contributed by atoms with Gasteiger partial charge in [0.2, 0.25) is 23.6 Å². The van der Waals surface area contributed by atoms with E-state index in [1.165, 1.54) is 32.4 Å². The van der Waals surface area contributed by atoms with Crippen molar-refractivity contribution in [1.82, 2.24) is 4.90 Å². The highest BCUT2D eigenvalue weighted by Crippen LogP contribution is 2.65. The zero-order valence-corrected chi connectivity index (χ0v) is 26.0. The van der Waals surface area contributed by atoms with Gasteiger partial charge in [-0.2, -0.15) is 0 Å². The molecular weight excluding hydrogens is 623 g/mol. The minimum atomic E-state index is -1.50. The molecule has 0 spiro atoms. The van der Waals surface area contributed by atoms with Crippen LogP contribution in [0.5, 0.6) is 17.2 Å². The largest absolute Gasteiger partial charge is 0.507 e. The predicted octanol–water partition coefficient (Wildman–Crippen LogP) is 4.30. The van der Waals surface area contributed by atoms with Crippen LogP contribution in [0.3, 0.4) is 0 Å². The number of benzene rings is 2. The topological polar surface area (TPSA) is 151 Å². The van der Waals surface area contributed by atoms with Crippen LogP contribution in [-0.4, -0.2) is 65.5 Å². The number of nitrogens with zero attached hydrogens (tertiary/aromatic N) is 2. The Morgan fingerprint density at radius 3 is 2.46 bits per heavy atom. The van der Waals surface area contributed by atoms with E-state index in [2.05, 4.69) is 0 Å². The third-order valence-electron chi connectivity index (χ3n) is 10.1. The summed E-state index contributed by atoms with van der Waals surface area (Å²) in [5.41, 5.74) is -0.583. The Morgan fingerprint density at radius 2 is 1.80 bits per heavy atom. The van der Waals surface area contributed by atoms with Crippen molar-refractivity contribution in [3.63, 3.8) is 0 Å². The van der Waals surface area contributed by atoms with Crippen molar-refractivity contribution < 1.29 is 48.0 Å². The molecular formula is C33H32ClFN2O9. The van der Waals surface area contributed by atoms with E-state index in [1.807, 2.05) is 6.08 Å². The van der Waals surface area contributed by atoms with Crippen molar-refractivity contribution in [3.05, 3.63) is 58.4 Å². The number of allylic oxidation sites excluding steroid dienone is 2. The van der Waals surface area contributed by atoms with Crippen LogP contribution >= 0.6 is 11.6 Å². The fourth-order valence-corrected chi connectivity index (χ4v) is 8.21. The van der Waals surface area contributed by atoms with Crippen molar-refractivity contribution in [2.24, 2.45) is 29.1 Å². The molecule has 11 nitrogen and oxygen atoms in total. The number of carbonyl (C=O) groups excluding carboxylic acids is 4. The van der Waals surface area contributed by atoms with Crippen LogP contribution in [0.1, 0.15) is 44.1 Å². The van der Waals surface area contributed by atoms with Crippen molar-refractivity contribution >= 4 is 46.9 Å². The quantitative estimate of drug-likeness (QED) is 0.314. The molecule has 2 aromatic carbocycles. The number of carboxylic acids is 1. The van der Waals surface area contributed by atoms with Crippen molar-refractivity contribution in [3.8, 4) is 17.2 Å². The van der Waals surface area contributed by atoms with Crippen LogP contribution in [0.25, 0.3) is 0 Å². The molecule has 4 aliphatic rings. The van der Waals surface area contributed by atoms with E-state index in [4.69, 9.17) is 26.2 Å². The lowest BCUT2D eigenvalue weighted by Gasteiger charge is -2.49. The summed E-state index contributed by atoms with van der Waals surface area (Å²) in [7, 11) is 2.81. The van der Waals surface area contributed by atoms with Crippen molar-refractivity contribution in [2.75, 3.05) is 25.7 Å². The predicted molar refractivity (Wildman–Crippen MR) is 161 cm³/mol. The zero-order chi connectivity index (χ0) is 33.2. The summed E-state index contributed by atoms with van der Waals surface area (Å²) in [6.45, 7) is 1.59. The first-order valence-corrected chi connectivity index (χ1v) is 15.3. The van der Waals surface area contributed by atoms with Crippen LogP contribution in [-0.2, 0) is 24.0 Å². The molecule has 6 unspecified atom stereocenters. The number of anilines is 1. The molecule has 2 aliphatic carbocycles. The van der Waals surface area contributed by atoms with Gasteiger partial charge in [-0.05, 0) is 50.3 Å². The van der Waals surface area contributed by atoms with Gasteiger partial charge in [-0.1, -0.05) is 23.3 Å². The minimum absolute atomic E-state index is 0.0484. The van der Waals surface area contributed by atoms with Crippen LogP contribution in [0, 0.1) is 34.9 Å². The summed E-state index contributed by atoms with van der Waals surface area (Å²) in [6.07, 6.45) is 1.93. The molecule has 242 valence electrons. The fraction of sp³-hybridized carbons (Fsp3) is 0.424. The van der Waals surface area contributed by atoms with E-state index in [1.54, 1.807) is 13.0 Å². The number of imide groups is 2. The Morgan fingerprint density at radius 1 is 1.07 bits per heavy atom. The van der Waals surface area contributed by atoms with Gasteiger partial charge in [-0.25, -0.2) is 9.29 Å². The maximum Gasteiger partial charge on any atom is 0.303 e. The lowest BCUT2D eigenvalue weighted by Crippen LogP contribution is -2.49. The molecule has 3 fully saturated rings. The average Bonchev–Trinajstić information content (AvgIpc) is 3.38. The molecule has 6 rings (SSSR count). The molecule has 13 heteroatoms. The number of aromatic hydroxyl groups is 1. The lowest BCUT2D eigenvalue weighted by molar-refractivity contribution is -0.142. The number of aliphatic carboxylic acids is 1. The summed E-state index contributed by atoms with van der Waals surface area (Å²) >= 11 is 6.04. The molecule has 46 heavy (non-hydrogen) atoms. The summed E-state index contributed by atoms with van der Waals surface area (Å²) in [4.78, 5) is 69.4. The highest BCUT2D eigenvalue weighted by molar-refractivity contribution is 6.31. The molecule has 6 atom stereocenters. The van der Waals surface area contributed by atoms with E-state index < -0.39 is 70.4 Å². The minimum Gasteiger partial charge on any atom is -0.507 e. The molecule has 0 radical (unpaired) electrons. The first kappa shape index (κ1) is 31.5. The normalized spacial score (nSPS) is 28.5. The van der Waals surface area contributed by atoms with Gasteiger partial charge in [-0.3, -0.25) is 28.9 Å². The highest BCUT2D eigenvalue weighted by atomic mass is 35.5. The van der Waals surface area contributed by atoms with E-state index in [0.717, 1.165) is 15.9 Å². The molecule has 0 aromatic heterocycles. The number of hydrogen-bond acceptors (Lipinski definition) is 8. The van der Waals surface area contributed by atoms with E-state index in [9.17, 15) is 33.5 Å². The van der Waals surface area contributed by atoms with Gasteiger partial charge in [0, 0.05) is 36.6 Å². The number of rotatable bonds is 8. The maximum absolute atomic E-state index is 14.5. The smallest absolute Gasteiger partial charge is 0.303 e. The second-order valence-corrected chi connectivity index (χ2v) is 12.8. The summed E-state index contributed by atoms with van der Waals surface area (Å²) in [5, 5.41) is 20.2. The number of fused-ring (bicyclic) bond motifs is 4. The van der Waals surface area contributed by atoms with Gasteiger partial charge >= 0.3 is 5.97 Å². The lowest BCUT2D eigenvalue weighted by atomic mass is 9.51. The average molecular weight is 655 g/mol. The Labute approximate surface area is 268 Å². The SMILES string of the molecule is COc1cc(O)c(C2C3=CCC4C(=O)N(CCCC(=O)O)C(=O)C4C3CC3C(=O)N(c4ccc(F)c(Cl)c4)C(=O)C32C)c(OC)c1. The van der Waals surface area contributed by atoms with Gasteiger partial charge in [-0.15, -0.1) is 0 Å². The number of hydrogen-bond donors (Lipinski definition) is 2.